The van der Waals surface area contributed by atoms with Crippen LogP contribution in [0, 0.1) is 5.41 Å². The molecule has 0 unspecified atom stereocenters. The average Bonchev–Trinajstić information content (AvgIpc) is 2.57. The molecule has 2 N–H and O–H groups in total. The summed E-state index contributed by atoms with van der Waals surface area (Å²) in [6.45, 7) is 6.59. The van der Waals surface area contributed by atoms with Crippen molar-refractivity contribution in [1.29, 1.82) is 0 Å². The number of rotatable bonds is 2. The first kappa shape index (κ1) is 13.1. The van der Waals surface area contributed by atoms with Gasteiger partial charge in [-0.1, -0.05) is 32.9 Å². The third-order valence-electron chi connectivity index (χ3n) is 2.58. The molecule has 0 bridgehead atoms. The molecule has 1 aromatic carbocycles. The fourth-order valence-electron chi connectivity index (χ4n) is 1.89. The van der Waals surface area contributed by atoms with Gasteiger partial charge in [-0.3, -0.25) is 0 Å². The predicted octanol–water partition coefficient (Wildman–Crippen LogP) is 3.81. The van der Waals surface area contributed by atoms with Crippen molar-refractivity contribution in [2.75, 3.05) is 5.73 Å². The lowest BCUT2D eigenvalue weighted by molar-refractivity contribution is 0.405. The van der Waals surface area contributed by atoms with Crippen molar-refractivity contribution >= 4 is 21.7 Å². The molecule has 0 aliphatic heterocycles. The number of halogens is 1. The number of aromatic nitrogens is 2. The van der Waals surface area contributed by atoms with E-state index >= 15 is 0 Å². The molecule has 1 heterocycles. The summed E-state index contributed by atoms with van der Waals surface area (Å²) in [5, 5.41) is 4.59. The van der Waals surface area contributed by atoms with Crippen LogP contribution in [0.1, 0.15) is 26.5 Å². The minimum atomic E-state index is 0.208. The molecule has 2 aromatic rings. The third-order valence-corrected chi connectivity index (χ3v) is 3.25. The van der Waals surface area contributed by atoms with Gasteiger partial charge in [-0.15, -0.1) is 0 Å². The van der Waals surface area contributed by atoms with E-state index in [9.17, 15) is 0 Å². The van der Waals surface area contributed by atoms with E-state index in [4.69, 9.17) is 5.73 Å². The second-order valence-corrected chi connectivity index (χ2v) is 6.52. The van der Waals surface area contributed by atoms with Gasteiger partial charge in [0.1, 0.15) is 5.82 Å². The van der Waals surface area contributed by atoms with E-state index in [0.29, 0.717) is 5.82 Å². The molecule has 0 amide bonds. The van der Waals surface area contributed by atoms with Gasteiger partial charge in [-0.25, -0.2) is 4.68 Å². The summed E-state index contributed by atoms with van der Waals surface area (Å²) in [5.74, 6) is 0.668. The van der Waals surface area contributed by atoms with Crippen molar-refractivity contribution in [3.8, 4) is 5.69 Å². The Morgan fingerprint density at radius 1 is 1.28 bits per heavy atom. The summed E-state index contributed by atoms with van der Waals surface area (Å²) in [7, 11) is 0. The van der Waals surface area contributed by atoms with Crippen LogP contribution in [0.2, 0.25) is 0 Å². The van der Waals surface area contributed by atoms with Crippen LogP contribution < -0.4 is 5.73 Å². The molecule has 0 aliphatic rings. The second kappa shape index (κ2) is 4.76. The van der Waals surface area contributed by atoms with Gasteiger partial charge in [0.15, 0.2) is 0 Å². The highest BCUT2D eigenvalue weighted by molar-refractivity contribution is 9.10. The Morgan fingerprint density at radius 3 is 2.56 bits per heavy atom. The van der Waals surface area contributed by atoms with Gasteiger partial charge in [0, 0.05) is 10.5 Å². The number of nitrogens with two attached hydrogens (primary N) is 1. The van der Waals surface area contributed by atoms with Crippen molar-refractivity contribution in [3.63, 3.8) is 0 Å². The van der Waals surface area contributed by atoms with E-state index in [2.05, 4.69) is 41.8 Å². The number of benzene rings is 1. The molecular weight excluding hydrogens is 290 g/mol. The van der Waals surface area contributed by atoms with Gasteiger partial charge >= 0.3 is 0 Å². The van der Waals surface area contributed by atoms with Crippen molar-refractivity contribution < 1.29 is 0 Å². The number of hydrogen-bond donors (Lipinski definition) is 1. The van der Waals surface area contributed by atoms with E-state index in [1.165, 1.54) is 0 Å². The highest BCUT2D eigenvalue weighted by Gasteiger charge is 2.16. The first-order valence-electron chi connectivity index (χ1n) is 5.96. The molecule has 96 valence electrons. The Labute approximate surface area is 116 Å². The second-order valence-electron chi connectivity index (χ2n) is 5.66. The topological polar surface area (TPSA) is 43.8 Å². The van der Waals surface area contributed by atoms with E-state index in [1.54, 1.807) is 4.68 Å². The standard InChI is InChI=1S/C14H18BrN3/c1-14(2,3)9-10-8-13(16)18(17-10)12-7-5-4-6-11(12)15/h4-8H,9,16H2,1-3H3. The lowest BCUT2D eigenvalue weighted by atomic mass is 9.91. The maximum absolute atomic E-state index is 6.04. The normalized spacial score (nSPS) is 11.8. The van der Waals surface area contributed by atoms with Gasteiger partial charge in [-0.05, 0) is 39.9 Å². The lowest BCUT2D eigenvalue weighted by Gasteiger charge is -2.15. The number of hydrogen-bond acceptors (Lipinski definition) is 2. The van der Waals surface area contributed by atoms with E-state index < -0.39 is 0 Å². The Kier molecular flexibility index (Phi) is 3.48. The summed E-state index contributed by atoms with van der Waals surface area (Å²) < 4.78 is 2.77. The van der Waals surface area contributed by atoms with Crippen LogP contribution in [0.5, 0.6) is 0 Å². The highest BCUT2D eigenvalue weighted by Crippen LogP contribution is 2.25. The van der Waals surface area contributed by atoms with Crippen molar-refractivity contribution in [1.82, 2.24) is 9.78 Å². The fourth-order valence-corrected chi connectivity index (χ4v) is 2.35. The van der Waals surface area contributed by atoms with Crippen molar-refractivity contribution in [2.45, 2.75) is 27.2 Å². The SMILES string of the molecule is CC(C)(C)Cc1cc(N)n(-c2ccccc2Br)n1. The first-order chi connectivity index (χ1) is 8.37. The quantitative estimate of drug-likeness (QED) is 0.917. The molecule has 1 aromatic heterocycles. The molecule has 0 saturated carbocycles. The predicted molar refractivity (Wildman–Crippen MR) is 78.8 cm³/mol. The molecule has 0 saturated heterocycles. The van der Waals surface area contributed by atoms with E-state index in [0.717, 1.165) is 22.3 Å². The largest absolute Gasteiger partial charge is 0.384 e. The van der Waals surface area contributed by atoms with Crippen LogP contribution >= 0.6 is 15.9 Å². The van der Waals surface area contributed by atoms with Crippen molar-refractivity contribution in [2.24, 2.45) is 5.41 Å². The Hall–Kier alpha value is -1.29. The molecule has 0 spiro atoms. The van der Waals surface area contributed by atoms with Gasteiger partial charge in [0.2, 0.25) is 0 Å². The maximum atomic E-state index is 6.04. The van der Waals surface area contributed by atoms with Crippen LogP contribution in [-0.4, -0.2) is 9.78 Å². The molecule has 18 heavy (non-hydrogen) atoms. The van der Waals surface area contributed by atoms with Crippen LogP contribution in [0.15, 0.2) is 34.8 Å². The van der Waals surface area contributed by atoms with Crippen molar-refractivity contribution in [3.05, 3.63) is 40.5 Å². The van der Waals surface area contributed by atoms with Gasteiger partial charge in [0.25, 0.3) is 0 Å². The molecular formula is C14H18BrN3. The highest BCUT2D eigenvalue weighted by atomic mass is 79.9. The summed E-state index contributed by atoms with van der Waals surface area (Å²) in [4.78, 5) is 0. The first-order valence-corrected chi connectivity index (χ1v) is 6.75. The van der Waals surface area contributed by atoms with Gasteiger partial charge in [0.05, 0.1) is 11.4 Å². The van der Waals surface area contributed by atoms with E-state index in [1.807, 2.05) is 30.3 Å². The molecule has 0 aliphatic carbocycles. The average molecular weight is 308 g/mol. The zero-order valence-corrected chi connectivity index (χ0v) is 12.5. The lowest BCUT2D eigenvalue weighted by Crippen LogP contribution is -2.10. The van der Waals surface area contributed by atoms with Crippen LogP contribution in [-0.2, 0) is 6.42 Å². The molecule has 0 atom stereocenters. The summed E-state index contributed by atoms with van der Waals surface area (Å²) in [6.07, 6.45) is 0.911. The monoisotopic (exact) mass is 307 g/mol. The maximum Gasteiger partial charge on any atom is 0.127 e. The molecule has 2 rings (SSSR count). The zero-order valence-electron chi connectivity index (χ0n) is 10.9. The molecule has 0 fully saturated rings. The summed E-state index contributed by atoms with van der Waals surface area (Å²) >= 11 is 3.52. The molecule has 0 radical (unpaired) electrons. The van der Waals surface area contributed by atoms with Gasteiger partial charge < -0.3 is 5.73 Å². The summed E-state index contributed by atoms with van der Waals surface area (Å²) in [6, 6.07) is 9.88. The molecule has 3 nitrogen and oxygen atoms in total. The number of nitrogens with zero attached hydrogens (tertiary/aromatic N) is 2. The zero-order chi connectivity index (χ0) is 13.3. The minimum Gasteiger partial charge on any atom is -0.384 e. The molecule has 4 heteroatoms. The summed E-state index contributed by atoms with van der Waals surface area (Å²) in [5.41, 5.74) is 8.24. The number of nitrogen functional groups attached to an aromatic ring is 1. The smallest absolute Gasteiger partial charge is 0.127 e. The third kappa shape index (κ3) is 2.93. The Bertz CT molecular complexity index is 552. The minimum absolute atomic E-state index is 0.208. The number of anilines is 1. The van der Waals surface area contributed by atoms with Gasteiger partial charge in [-0.2, -0.15) is 5.10 Å². The van der Waals surface area contributed by atoms with Crippen LogP contribution in [0.4, 0.5) is 5.82 Å². The Morgan fingerprint density at radius 2 is 1.94 bits per heavy atom. The van der Waals surface area contributed by atoms with Crippen LogP contribution in [0.25, 0.3) is 5.69 Å². The number of para-hydroxylation sites is 1. The van der Waals surface area contributed by atoms with E-state index in [-0.39, 0.29) is 5.41 Å². The Balaban J connectivity index is 2.39. The fraction of sp³-hybridized carbons (Fsp3) is 0.357. The van der Waals surface area contributed by atoms with Crippen LogP contribution in [0.3, 0.4) is 0 Å².